The first-order valence-corrected chi connectivity index (χ1v) is 8.79. The predicted molar refractivity (Wildman–Crippen MR) is 88.5 cm³/mol. The number of aryl methyl sites for hydroxylation is 1. The van der Waals surface area contributed by atoms with E-state index in [9.17, 15) is 8.78 Å². The Kier molecular flexibility index (Phi) is 5.03. The van der Waals surface area contributed by atoms with Gasteiger partial charge in [0.25, 0.3) is 0 Å². The molecule has 3 rings (SSSR count). The monoisotopic (exact) mass is 320 g/mol. The van der Waals surface area contributed by atoms with Crippen LogP contribution in [0.4, 0.5) is 8.78 Å². The number of rotatable bonds is 5. The Morgan fingerprint density at radius 2 is 1.87 bits per heavy atom. The third-order valence-electron chi connectivity index (χ3n) is 5.98. The summed E-state index contributed by atoms with van der Waals surface area (Å²) in [5.74, 6) is 1.39. The SMILES string of the molecule is C/C=C/C1CCC2C(CCc3ccc(OC)c(F)c3F)CCC12. The van der Waals surface area contributed by atoms with E-state index in [-0.39, 0.29) is 5.75 Å². The van der Waals surface area contributed by atoms with E-state index in [1.165, 1.54) is 38.9 Å². The summed E-state index contributed by atoms with van der Waals surface area (Å²) in [5.41, 5.74) is 0.481. The van der Waals surface area contributed by atoms with Crippen LogP contribution in [0.1, 0.15) is 44.6 Å². The van der Waals surface area contributed by atoms with E-state index < -0.39 is 11.6 Å². The number of fused-ring (bicyclic) bond motifs is 1. The zero-order valence-electron chi connectivity index (χ0n) is 14.0. The summed E-state index contributed by atoms with van der Waals surface area (Å²) in [6.07, 6.45) is 11.3. The van der Waals surface area contributed by atoms with Crippen LogP contribution in [0.25, 0.3) is 0 Å². The second-order valence-electron chi connectivity index (χ2n) is 7.03. The van der Waals surface area contributed by atoms with Crippen LogP contribution in [0.3, 0.4) is 0 Å². The maximum absolute atomic E-state index is 14.1. The summed E-state index contributed by atoms with van der Waals surface area (Å²) < 4.78 is 32.7. The van der Waals surface area contributed by atoms with Gasteiger partial charge in [-0.1, -0.05) is 18.2 Å². The lowest BCUT2D eigenvalue weighted by molar-refractivity contribution is 0.319. The molecule has 0 aliphatic heterocycles. The Morgan fingerprint density at radius 1 is 1.09 bits per heavy atom. The highest BCUT2D eigenvalue weighted by molar-refractivity contribution is 5.31. The molecule has 0 saturated heterocycles. The van der Waals surface area contributed by atoms with Gasteiger partial charge in [-0.3, -0.25) is 0 Å². The fourth-order valence-electron chi connectivity index (χ4n) is 4.87. The van der Waals surface area contributed by atoms with Crippen LogP contribution in [-0.4, -0.2) is 7.11 Å². The normalized spacial score (nSPS) is 30.1. The molecular weight excluding hydrogens is 294 g/mol. The van der Waals surface area contributed by atoms with Gasteiger partial charge in [0.1, 0.15) is 0 Å². The van der Waals surface area contributed by atoms with Crippen LogP contribution in [0.2, 0.25) is 0 Å². The molecule has 2 aliphatic carbocycles. The third-order valence-corrected chi connectivity index (χ3v) is 5.98. The Hall–Kier alpha value is -1.38. The van der Waals surface area contributed by atoms with E-state index in [1.807, 2.05) is 0 Å². The van der Waals surface area contributed by atoms with E-state index in [4.69, 9.17) is 4.74 Å². The molecule has 126 valence electrons. The second-order valence-corrected chi connectivity index (χ2v) is 7.03. The van der Waals surface area contributed by atoms with Gasteiger partial charge in [-0.2, -0.15) is 4.39 Å². The summed E-state index contributed by atoms with van der Waals surface area (Å²) in [6.45, 7) is 2.10. The van der Waals surface area contributed by atoms with Gasteiger partial charge in [0.05, 0.1) is 7.11 Å². The maximum Gasteiger partial charge on any atom is 0.200 e. The number of methoxy groups -OCH3 is 1. The molecule has 0 spiro atoms. The van der Waals surface area contributed by atoms with Crippen molar-refractivity contribution in [2.45, 2.75) is 45.4 Å². The van der Waals surface area contributed by atoms with Crippen LogP contribution in [-0.2, 0) is 6.42 Å². The van der Waals surface area contributed by atoms with E-state index in [2.05, 4.69) is 19.1 Å². The minimum absolute atomic E-state index is 0.0165. The molecule has 2 aliphatic rings. The molecule has 0 amide bonds. The van der Waals surface area contributed by atoms with Gasteiger partial charge in [0.2, 0.25) is 5.82 Å². The summed E-state index contributed by atoms with van der Waals surface area (Å²) >= 11 is 0. The maximum atomic E-state index is 14.1. The number of halogens is 2. The van der Waals surface area contributed by atoms with Gasteiger partial charge in [0.15, 0.2) is 11.6 Å². The Balaban J connectivity index is 1.63. The standard InChI is InChI=1S/C20H26F2O/c1-3-4-13-7-10-17-14(8-11-16(13)17)5-6-15-9-12-18(23-2)20(22)19(15)21/h3-4,9,12-14,16-17H,5-8,10-11H2,1-2H3/b4-3+. The molecule has 0 N–H and O–H groups in total. The summed E-state index contributed by atoms with van der Waals surface area (Å²) in [5, 5.41) is 0. The van der Waals surface area contributed by atoms with Crippen molar-refractivity contribution in [1.82, 2.24) is 0 Å². The van der Waals surface area contributed by atoms with Gasteiger partial charge in [-0.05, 0) is 80.8 Å². The highest BCUT2D eigenvalue weighted by Crippen LogP contribution is 2.52. The number of ether oxygens (including phenoxy) is 1. The fourth-order valence-corrected chi connectivity index (χ4v) is 4.87. The molecule has 1 aromatic rings. The zero-order chi connectivity index (χ0) is 16.4. The molecule has 4 atom stereocenters. The molecule has 3 heteroatoms. The minimum Gasteiger partial charge on any atom is -0.494 e. The second kappa shape index (κ2) is 7.02. The molecule has 0 radical (unpaired) electrons. The lowest BCUT2D eigenvalue weighted by atomic mass is 9.86. The fraction of sp³-hybridized carbons (Fsp3) is 0.600. The molecule has 0 heterocycles. The first-order valence-electron chi connectivity index (χ1n) is 8.79. The molecule has 2 saturated carbocycles. The molecule has 4 unspecified atom stereocenters. The largest absolute Gasteiger partial charge is 0.494 e. The van der Waals surface area contributed by atoms with Gasteiger partial charge < -0.3 is 4.74 Å². The number of hydrogen-bond donors (Lipinski definition) is 0. The van der Waals surface area contributed by atoms with Crippen molar-refractivity contribution in [3.63, 3.8) is 0 Å². The van der Waals surface area contributed by atoms with E-state index in [0.29, 0.717) is 17.9 Å². The average molecular weight is 320 g/mol. The summed E-state index contributed by atoms with van der Waals surface area (Å²) in [4.78, 5) is 0. The van der Waals surface area contributed by atoms with Gasteiger partial charge in [0, 0.05) is 0 Å². The van der Waals surface area contributed by atoms with Crippen LogP contribution in [0.15, 0.2) is 24.3 Å². The Bertz CT molecular complexity index is 581. The molecule has 1 aromatic carbocycles. The van der Waals surface area contributed by atoms with Crippen molar-refractivity contribution in [3.05, 3.63) is 41.5 Å². The number of allylic oxidation sites excluding steroid dienone is 2. The van der Waals surface area contributed by atoms with Crippen LogP contribution < -0.4 is 4.74 Å². The van der Waals surface area contributed by atoms with Gasteiger partial charge in [-0.15, -0.1) is 0 Å². The van der Waals surface area contributed by atoms with Crippen LogP contribution >= 0.6 is 0 Å². The quantitative estimate of drug-likeness (QED) is 0.648. The minimum atomic E-state index is -0.858. The smallest absolute Gasteiger partial charge is 0.200 e. The summed E-state index contributed by atoms with van der Waals surface area (Å²) in [7, 11) is 1.36. The predicted octanol–water partition coefficient (Wildman–Crippen LogP) is 5.53. The number of benzene rings is 1. The van der Waals surface area contributed by atoms with E-state index in [1.54, 1.807) is 6.07 Å². The molecule has 0 aromatic heterocycles. The molecule has 2 fully saturated rings. The number of hydrogen-bond acceptors (Lipinski definition) is 1. The third kappa shape index (κ3) is 3.15. The Labute approximate surface area is 137 Å². The van der Waals surface area contributed by atoms with Crippen molar-refractivity contribution in [2.75, 3.05) is 7.11 Å². The van der Waals surface area contributed by atoms with E-state index in [0.717, 1.165) is 24.2 Å². The van der Waals surface area contributed by atoms with Gasteiger partial charge in [-0.25, -0.2) is 4.39 Å². The first-order chi connectivity index (χ1) is 11.2. The van der Waals surface area contributed by atoms with Crippen molar-refractivity contribution in [3.8, 4) is 5.75 Å². The first kappa shape index (κ1) is 16.5. The average Bonchev–Trinajstić information content (AvgIpc) is 3.13. The topological polar surface area (TPSA) is 9.23 Å². The molecule has 0 bridgehead atoms. The Morgan fingerprint density at radius 3 is 2.61 bits per heavy atom. The van der Waals surface area contributed by atoms with Crippen molar-refractivity contribution in [2.24, 2.45) is 23.7 Å². The lowest BCUT2D eigenvalue weighted by Gasteiger charge is -2.20. The molecule has 23 heavy (non-hydrogen) atoms. The zero-order valence-corrected chi connectivity index (χ0v) is 14.0. The van der Waals surface area contributed by atoms with Crippen molar-refractivity contribution >= 4 is 0 Å². The van der Waals surface area contributed by atoms with Crippen LogP contribution in [0.5, 0.6) is 5.75 Å². The van der Waals surface area contributed by atoms with Crippen LogP contribution in [0, 0.1) is 35.3 Å². The lowest BCUT2D eigenvalue weighted by Crippen LogP contribution is -2.13. The highest BCUT2D eigenvalue weighted by Gasteiger charge is 2.43. The molecular formula is C20H26F2O. The van der Waals surface area contributed by atoms with Crippen molar-refractivity contribution in [1.29, 1.82) is 0 Å². The van der Waals surface area contributed by atoms with Crippen molar-refractivity contribution < 1.29 is 13.5 Å². The summed E-state index contributed by atoms with van der Waals surface area (Å²) in [6, 6.07) is 3.20. The van der Waals surface area contributed by atoms with Gasteiger partial charge >= 0.3 is 0 Å². The highest BCUT2D eigenvalue weighted by atomic mass is 19.2. The molecule has 1 nitrogen and oxygen atoms in total. The van der Waals surface area contributed by atoms with E-state index >= 15 is 0 Å².